The van der Waals surface area contributed by atoms with Gasteiger partial charge >= 0.3 is 5.91 Å². The van der Waals surface area contributed by atoms with Crippen LogP contribution in [0.2, 0.25) is 5.02 Å². The number of halogens is 1. The number of amides is 2. The Hall–Kier alpha value is -3.25. The van der Waals surface area contributed by atoms with Gasteiger partial charge in [0.1, 0.15) is 5.75 Å². The van der Waals surface area contributed by atoms with Crippen molar-refractivity contribution >= 4 is 23.4 Å². The first-order chi connectivity index (χ1) is 12.1. The van der Waals surface area contributed by atoms with Crippen molar-refractivity contribution in [3.8, 4) is 16.9 Å². The Morgan fingerprint density at radius 3 is 2.44 bits per heavy atom. The second-order valence-corrected chi connectivity index (χ2v) is 5.54. The maximum atomic E-state index is 12.3. The summed E-state index contributed by atoms with van der Waals surface area (Å²) in [5.41, 5.74) is 5.81. The van der Waals surface area contributed by atoms with E-state index < -0.39 is 11.8 Å². The van der Waals surface area contributed by atoms with Crippen LogP contribution >= 0.6 is 11.6 Å². The monoisotopic (exact) mass is 356 g/mol. The van der Waals surface area contributed by atoms with E-state index in [1.54, 1.807) is 6.07 Å². The van der Waals surface area contributed by atoms with Crippen LogP contribution in [0.5, 0.6) is 5.75 Å². The van der Waals surface area contributed by atoms with Gasteiger partial charge in [0.25, 0.3) is 5.91 Å². The van der Waals surface area contributed by atoms with E-state index >= 15 is 0 Å². The molecule has 126 valence electrons. The van der Waals surface area contributed by atoms with Gasteiger partial charge in [-0.15, -0.1) is 0 Å². The Morgan fingerprint density at radius 1 is 0.960 bits per heavy atom. The first-order valence-corrected chi connectivity index (χ1v) is 7.66. The summed E-state index contributed by atoms with van der Waals surface area (Å²) in [6.07, 6.45) is 1.39. The van der Waals surface area contributed by atoms with Gasteiger partial charge in [-0.25, -0.2) is 0 Å². The lowest BCUT2D eigenvalue weighted by Crippen LogP contribution is -2.41. The topological polar surface area (TPSA) is 91.6 Å². The van der Waals surface area contributed by atoms with E-state index in [1.807, 2.05) is 30.3 Å². The second kappa shape index (κ2) is 7.11. The number of nitrogens with one attached hydrogen (secondary N) is 2. The van der Waals surface area contributed by atoms with Crippen molar-refractivity contribution in [2.45, 2.75) is 0 Å². The molecule has 0 spiro atoms. The number of rotatable bonds is 3. The fourth-order valence-corrected chi connectivity index (χ4v) is 2.43. The van der Waals surface area contributed by atoms with Crippen molar-refractivity contribution in [2.75, 3.05) is 0 Å². The van der Waals surface area contributed by atoms with Crippen LogP contribution in [-0.4, -0.2) is 16.9 Å². The van der Waals surface area contributed by atoms with Crippen LogP contribution in [0.1, 0.15) is 20.9 Å². The van der Waals surface area contributed by atoms with Crippen molar-refractivity contribution in [3.05, 3.63) is 77.2 Å². The summed E-state index contributed by atoms with van der Waals surface area (Å²) in [4.78, 5) is 24.4. The molecule has 0 aliphatic rings. The molecule has 0 fully saturated rings. The average Bonchev–Trinajstić information content (AvgIpc) is 3.12. The minimum Gasteiger partial charge on any atom is -0.507 e. The number of furan rings is 1. The van der Waals surface area contributed by atoms with Gasteiger partial charge in [-0.3, -0.25) is 20.4 Å². The zero-order valence-corrected chi connectivity index (χ0v) is 13.6. The standard InChI is InChI=1S/C18H13ClN2O4/c19-12-6-7-15(22)14(10-12)17(23)20-21-18(24)16-13(8-9-25-16)11-4-2-1-3-5-11/h1-10,22H,(H,20,23)(H,21,24). The lowest BCUT2D eigenvalue weighted by atomic mass is 10.1. The molecule has 0 unspecified atom stereocenters. The quantitative estimate of drug-likeness (QED) is 0.627. The molecule has 3 N–H and O–H groups in total. The highest BCUT2D eigenvalue weighted by Crippen LogP contribution is 2.24. The first-order valence-electron chi connectivity index (χ1n) is 7.28. The number of hydrogen-bond acceptors (Lipinski definition) is 4. The summed E-state index contributed by atoms with van der Waals surface area (Å²) in [6.45, 7) is 0. The molecular formula is C18H13ClN2O4. The van der Waals surface area contributed by atoms with E-state index in [-0.39, 0.29) is 22.1 Å². The molecule has 2 aromatic carbocycles. The van der Waals surface area contributed by atoms with E-state index in [0.29, 0.717) is 5.56 Å². The average molecular weight is 357 g/mol. The van der Waals surface area contributed by atoms with E-state index in [0.717, 1.165) is 5.56 Å². The second-order valence-electron chi connectivity index (χ2n) is 5.10. The van der Waals surface area contributed by atoms with Gasteiger partial charge in [0.05, 0.1) is 11.8 Å². The van der Waals surface area contributed by atoms with Crippen molar-refractivity contribution < 1.29 is 19.1 Å². The van der Waals surface area contributed by atoms with Gasteiger partial charge in [-0.05, 0) is 29.8 Å². The zero-order valence-electron chi connectivity index (χ0n) is 12.8. The lowest BCUT2D eigenvalue weighted by molar-refractivity contribution is 0.0830. The normalized spacial score (nSPS) is 10.3. The van der Waals surface area contributed by atoms with E-state index in [1.165, 1.54) is 24.5 Å². The molecule has 7 heteroatoms. The number of carbonyl (C=O) groups excluding carboxylic acids is 2. The van der Waals surface area contributed by atoms with Crippen LogP contribution in [0.3, 0.4) is 0 Å². The zero-order chi connectivity index (χ0) is 17.8. The van der Waals surface area contributed by atoms with Crippen molar-refractivity contribution in [2.24, 2.45) is 0 Å². The molecule has 25 heavy (non-hydrogen) atoms. The molecule has 2 amide bonds. The van der Waals surface area contributed by atoms with E-state index in [2.05, 4.69) is 10.9 Å². The van der Waals surface area contributed by atoms with Crippen LogP contribution in [0.15, 0.2) is 65.3 Å². The molecule has 0 atom stereocenters. The molecular weight excluding hydrogens is 344 g/mol. The molecule has 1 heterocycles. The minimum atomic E-state index is -0.707. The number of benzene rings is 2. The Kier molecular flexibility index (Phi) is 4.72. The van der Waals surface area contributed by atoms with E-state index in [9.17, 15) is 14.7 Å². The number of phenolic OH excluding ortho intramolecular Hbond substituents is 1. The van der Waals surface area contributed by atoms with Crippen LogP contribution in [0.4, 0.5) is 0 Å². The summed E-state index contributed by atoms with van der Waals surface area (Å²) in [7, 11) is 0. The molecule has 3 aromatic rings. The summed E-state index contributed by atoms with van der Waals surface area (Å²) < 4.78 is 5.23. The number of hydrogen-bond donors (Lipinski definition) is 3. The smallest absolute Gasteiger partial charge is 0.306 e. The SMILES string of the molecule is O=C(NNC(=O)c1occc1-c1ccccc1)c1cc(Cl)ccc1O. The van der Waals surface area contributed by atoms with Gasteiger partial charge in [0.2, 0.25) is 5.76 Å². The predicted octanol–water partition coefficient (Wildman–Crippen LogP) is 3.38. The van der Waals surface area contributed by atoms with Crippen molar-refractivity contribution in [3.63, 3.8) is 0 Å². The van der Waals surface area contributed by atoms with Gasteiger partial charge in [-0.2, -0.15) is 0 Å². The maximum absolute atomic E-state index is 12.3. The maximum Gasteiger partial charge on any atom is 0.306 e. The molecule has 0 radical (unpaired) electrons. The summed E-state index contributed by atoms with van der Waals surface area (Å²) in [5, 5.41) is 9.98. The van der Waals surface area contributed by atoms with Crippen LogP contribution in [0.25, 0.3) is 11.1 Å². The molecule has 0 aliphatic heterocycles. The first kappa shape index (κ1) is 16.6. The molecule has 1 aromatic heterocycles. The van der Waals surface area contributed by atoms with Crippen LogP contribution in [0, 0.1) is 0 Å². The summed E-state index contributed by atoms with van der Waals surface area (Å²) in [6, 6.07) is 14.9. The van der Waals surface area contributed by atoms with Crippen LogP contribution in [-0.2, 0) is 0 Å². The Bertz CT molecular complexity index is 922. The van der Waals surface area contributed by atoms with Gasteiger partial charge in [0, 0.05) is 10.6 Å². The Labute approximate surface area is 148 Å². The van der Waals surface area contributed by atoms with Gasteiger partial charge in [-0.1, -0.05) is 41.9 Å². The fourth-order valence-electron chi connectivity index (χ4n) is 2.26. The predicted molar refractivity (Wildman–Crippen MR) is 92.2 cm³/mol. The highest BCUT2D eigenvalue weighted by atomic mass is 35.5. The van der Waals surface area contributed by atoms with Crippen molar-refractivity contribution in [1.82, 2.24) is 10.9 Å². The largest absolute Gasteiger partial charge is 0.507 e. The molecule has 0 saturated heterocycles. The number of carbonyl (C=O) groups is 2. The minimum absolute atomic E-state index is 0.0572. The summed E-state index contributed by atoms with van der Waals surface area (Å²) >= 11 is 5.80. The number of hydrazine groups is 1. The summed E-state index contributed by atoms with van der Waals surface area (Å²) in [5.74, 6) is -1.53. The third kappa shape index (κ3) is 3.64. The molecule has 6 nitrogen and oxygen atoms in total. The third-order valence-corrected chi connectivity index (χ3v) is 3.68. The Balaban J connectivity index is 1.73. The van der Waals surface area contributed by atoms with Crippen LogP contribution < -0.4 is 10.9 Å². The number of phenols is 1. The Morgan fingerprint density at radius 2 is 1.68 bits per heavy atom. The highest BCUT2D eigenvalue weighted by Gasteiger charge is 2.18. The molecule has 0 saturated carbocycles. The van der Waals surface area contributed by atoms with Crippen molar-refractivity contribution in [1.29, 1.82) is 0 Å². The fraction of sp³-hybridized carbons (Fsp3) is 0. The number of aromatic hydroxyl groups is 1. The lowest BCUT2D eigenvalue weighted by Gasteiger charge is -2.09. The van der Waals surface area contributed by atoms with Gasteiger partial charge < -0.3 is 9.52 Å². The molecule has 3 rings (SSSR count). The third-order valence-electron chi connectivity index (χ3n) is 3.45. The van der Waals surface area contributed by atoms with E-state index in [4.69, 9.17) is 16.0 Å². The molecule has 0 bridgehead atoms. The van der Waals surface area contributed by atoms with Gasteiger partial charge in [0.15, 0.2) is 0 Å². The molecule has 0 aliphatic carbocycles. The highest BCUT2D eigenvalue weighted by molar-refractivity contribution is 6.31.